The molecule has 0 radical (unpaired) electrons. The summed E-state index contributed by atoms with van der Waals surface area (Å²) in [6.45, 7) is 10.1. The van der Waals surface area contributed by atoms with Crippen LogP contribution in [-0.4, -0.2) is 79.9 Å². The van der Waals surface area contributed by atoms with E-state index in [1.54, 1.807) is 64.2 Å². The van der Waals surface area contributed by atoms with Crippen LogP contribution in [0.2, 0.25) is 0 Å². The number of para-hydroxylation sites is 1. The fraction of sp³-hybridized carbons (Fsp3) is 0.486. The number of benzene rings is 2. The maximum atomic E-state index is 14.7. The lowest BCUT2D eigenvalue weighted by molar-refractivity contribution is -0.211. The van der Waals surface area contributed by atoms with Gasteiger partial charge < -0.3 is 35.4 Å². The van der Waals surface area contributed by atoms with E-state index >= 15 is 0 Å². The molecule has 1 heterocycles. The molecule has 13 heteroatoms. The van der Waals surface area contributed by atoms with Crippen LogP contribution in [0.4, 0.5) is 4.79 Å². The number of alkyl carbamates (subject to hydrolysis) is 1. The van der Waals surface area contributed by atoms with Gasteiger partial charge in [0, 0.05) is 29.9 Å². The molecule has 5 N–H and O–H groups in total. The Bertz CT molecular complexity index is 1600. The zero-order chi connectivity index (χ0) is 37.0. The standard InChI is InChI=1S/C37H50N4O9/c1-7-8-14-23(2)31(42)21-32(43)50-41(30(19-25-15-10-9-11-16-25)33(44)39-24(3)35(46)47)34(45)29(40-36(48)49-37(4,5)6)20-26-22-38-28-18-13-12-17-27(26)28/h9-13,15-18,22-24,29-31,38,42H,7-8,14,19-21H2,1-6H3,(H,39,44)(H,40,48)(H,46,47)/t23-,24-,29-,30-,31-/m0/s1. The number of hydrogen-bond donors (Lipinski definition) is 5. The summed E-state index contributed by atoms with van der Waals surface area (Å²) in [6, 6.07) is 11.6. The van der Waals surface area contributed by atoms with E-state index in [0.29, 0.717) is 22.6 Å². The summed E-state index contributed by atoms with van der Waals surface area (Å²) in [7, 11) is 0. The number of ether oxygens (including phenoxy) is 1. The van der Waals surface area contributed by atoms with E-state index in [2.05, 4.69) is 15.6 Å². The number of hydroxylamine groups is 2. The third kappa shape index (κ3) is 11.9. The van der Waals surface area contributed by atoms with Crippen LogP contribution in [0.1, 0.15) is 78.4 Å². The van der Waals surface area contributed by atoms with Crippen LogP contribution in [-0.2, 0) is 41.6 Å². The number of amides is 3. The molecule has 0 unspecified atom stereocenters. The van der Waals surface area contributed by atoms with Crippen molar-refractivity contribution in [2.75, 3.05) is 0 Å². The molecule has 0 bridgehead atoms. The fourth-order valence-corrected chi connectivity index (χ4v) is 5.31. The number of unbranched alkanes of at least 4 members (excludes halogenated alkanes) is 1. The predicted molar refractivity (Wildman–Crippen MR) is 187 cm³/mol. The lowest BCUT2D eigenvalue weighted by Gasteiger charge is -2.33. The van der Waals surface area contributed by atoms with Gasteiger partial charge in [0.1, 0.15) is 17.7 Å². The number of rotatable bonds is 16. The molecule has 0 fully saturated rings. The van der Waals surface area contributed by atoms with Crippen molar-refractivity contribution in [3.8, 4) is 0 Å². The maximum Gasteiger partial charge on any atom is 0.408 e. The first kappa shape index (κ1) is 39.5. The largest absolute Gasteiger partial charge is 0.480 e. The Balaban J connectivity index is 2.10. The third-order valence-corrected chi connectivity index (χ3v) is 8.14. The number of nitrogens with zero attached hydrogens (tertiary/aromatic N) is 1. The van der Waals surface area contributed by atoms with Crippen LogP contribution in [0.3, 0.4) is 0 Å². The highest BCUT2D eigenvalue weighted by Crippen LogP contribution is 2.22. The maximum absolute atomic E-state index is 14.7. The first-order valence-corrected chi connectivity index (χ1v) is 16.9. The molecular weight excluding hydrogens is 644 g/mol. The van der Waals surface area contributed by atoms with Crippen LogP contribution in [0.5, 0.6) is 0 Å². The van der Waals surface area contributed by atoms with Gasteiger partial charge in [-0.25, -0.2) is 9.59 Å². The van der Waals surface area contributed by atoms with E-state index in [4.69, 9.17) is 9.57 Å². The number of aliphatic hydroxyl groups excluding tert-OH is 1. The normalized spacial score (nSPS) is 14.5. The van der Waals surface area contributed by atoms with Gasteiger partial charge in [0.05, 0.1) is 12.5 Å². The van der Waals surface area contributed by atoms with E-state index in [9.17, 15) is 34.2 Å². The van der Waals surface area contributed by atoms with Crippen LogP contribution < -0.4 is 10.6 Å². The van der Waals surface area contributed by atoms with E-state index in [0.717, 1.165) is 23.7 Å². The van der Waals surface area contributed by atoms with Gasteiger partial charge in [0.25, 0.3) is 5.91 Å². The number of carboxylic acids is 1. The van der Waals surface area contributed by atoms with Gasteiger partial charge in [-0.15, -0.1) is 0 Å². The second-order valence-electron chi connectivity index (χ2n) is 13.6. The van der Waals surface area contributed by atoms with Gasteiger partial charge in [0.15, 0.2) is 6.04 Å². The molecule has 0 saturated carbocycles. The molecule has 2 aromatic carbocycles. The second kappa shape index (κ2) is 18.2. The number of nitrogens with one attached hydrogen (secondary N) is 3. The molecule has 0 saturated heterocycles. The van der Waals surface area contributed by atoms with Crippen molar-refractivity contribution in [1.82, 2.24) is 20.7 Å². The molecule has 3 amide bonds. The van der Waals surface area contributed by atoms with Gasteiger partial charge in [-0.3, -0.25) is 14.4 Å². The van der Waals surface area contributed by atoms with Crippen molar-refractivity contribution >= 4 is 40.7 Å². The summed E-state index contributed by atoms with van der Waals surface area (Å²) in [4.78, 5) is 75.6. The zero-order valence-corrected chi connectivity index (χ0v) is 29.6. The Morgan fingerprint density at radius 3 is 2.24 bits per heavy atom. The monoisotopic (exact) mass is 694 g/mol. The van der Waals surface area contributed by atoms with E-state index in [-0.39, 0.29) is 18.8 Å². The SMILES string of the molecule is CCCC[C@H](C)[C@@H](O)CC(=O)ON(C(=O)[C@H](Cc1c[nH]c2ccccc12)NC(=O)OC(C)(C)C)[C@@H](Cc1ccccc1)C(=O)N[C@@H](C)C(=O)O. The number of aliphatic carboxylic acids is 1. The first-order chi connectivity index (χ1) is 23.6. The van der Waals surface area contributed by atoms with Crippen LogP contribution in [0.15, 0.2) is 60.8 Å². The van der Waals surface area contributed by atoms with Crippen molar-refractivity contribution in [3.63, 3.8) is 0 Å². The van der Waals surface area contributed by atoms with Crippen molar-refractivity contribution in [1.29, 1.82) is 0 Å². The minimum Gasteiger partial charge on any atom is -0.480 e. The number of aromatic nitrogens is 1. The Morgan fingerprint density at radius 2 is 1.60 bits per heavy atom. The Labute approximate surface area is 292 Å². The van der Waals surface area contributed by atoms with Crippen molar-refractivity contribution in [3.05, 3.63) is 71.9 Å². The highest BCUT2D eigenvalue weighted by Gasteiger charge is 2.40. The molecule has 0 spiro atoms. The van der Waals surface area contributed by atoms with Crippen LogP contribution in [0, 0.1) is 5.92 Å². The molecule has 13 nitrogen and oxygen atoms in total. The first-order valence-electron chi connectivity index (χ1n) is 16.9. The van der Waals surface area contributed by atoms with E-state index in [1.165, 1.54) is 6.92 Å². The number of aliphatic hydroxyl groups is 1. The summed E-state index contributed by atoms with van der Waals surface area (Å²) in [5.74, 6) is -4.45. The molecule has 0 aliphatic carbocycles. The number of carbonyl (C=O) groups is 5. The molecule has 50 heavy (non-hydrogen) atoms. The highest BCUT2D eigenvalue weighted by molar-refractivity contribution is 5.94. The zero-order valence-electron chi connectivity index (χ0n) is 29.6. The molecule has 3 aromatic rings. The van der Waals surface area contributed by atoms with Crippen molar-refractivity contribution in [2.24, 2.45) is 5.92 Å². The van der Waals surface area contributed by atoms with Gasteiger partial charge in [0.2, 0.25) is 5.91 Å². The number of fused-ring (bicyclic) bond motifs is 1. The number of carboxylic acid groups (broad SMARTS) is 1. The summed E-state index contributed by atoms with van der Waals surface area (Å²) in [6.07, 6.45) is 1.31. The highest BCUT2D eigenvalue weighted by atomic mass is 16.7. The number of hydrogen-bond acceptors (Lipinski definition) is 8. The fourth-order valence-electron chi connectivity index (χ4n) is 5.31. The van der Waals surface area contributed by atoms with E-state index < -0.39 is 66.1 Å². The average Bonchev–Trinajstić information content (AvgIpc) is 3.46. The smallest absolute Gasteiger partial charge is 0.408 e. The molecule has 272 valence electrons. The quantitative estimate of drug-likeness (QED) is 0.133. The van der Waals surface area contributed by atoms with E-state index in [1.807, 2.05) is 31.2 Å². The molecule has 1 aromatic heterocycles. The molecular formula is C37H50N4O9. The van der Waals surface area contributed by atoms with Crippen molar-refractivity contribution < 1.29 is 43.8 Å². The van der Waals surface area contributed by atoms with Gasteiger partial charge in [-0.1, -0.05) is 75.2 Å². The lowest BCUT2D eigenvalue weighted by atomic mass is 9.96. The minimum absolute atomic E-state index is 0.0992. The van der Waals surface area contributed by atoms with Gasteiger partial charge in [-0.2, -0.15) is 5.06 Å². The predicted octanol–water partition coefficient (Wildman–Crippen LogP) is 4.67. The van der Waals surface area contributed by atoms with Gasteiger partial charge >= 0.3 is 18.0 Å². The molecule has 3 rings (SSSR count). The lowest BCUT2D eigenvalue weighted by Crippen LogP contribution is -2.59. The summed E-state index contributed by atoms with van der Waals surface area (Å²) < 4.78 is 5.47. The molecule has 0 aliphatic rings. The Kier molecular flexibility index (Phi) is 14.4. The van der Waals surface area contributed by atoms with Crippen molar-refractivity contribution in [2.45, 2.75) is 110 Å². The minimum atomic E-state index is -1.57. The number of H-pyrrole nitrogens is 1. The van der Waals surface area contributed by atoms with Crippen LogP contribution in [0.25, 0.3) is 10.9 Å². The number of carbonyl (C=O) groups excluding carboxylic acids is 4. The molecule has 0 aliphatic heterocycles. The molecule has 5 atom stereocenters. The Morgan fingerprint density at radius 1 is 0.940 bits per heavy atom. The summed E-state index contributed by atoms with van der Waals surface area (Å²) >= 11 is 0. The summed E-state index contributed by atoms with van der Waals surface area (Å²) in [5, 5.41) is 26.7. The second-order valence-corrected chi connectivity index (χ2v) is 13.6. The Hall–Kier alpha value is -4.91. The van der Waals surface area contributed by atoms with Crippen LogP contribution >= 0.6 is 0 Å². The summed E-state index contributed by atoms with van der Waals surface area (Å²) in [5.41, 5.74) is 1.08. The topological polar surface area (TPSA) is 187 Å². The number of aromatic amines is 1. The average molecular weight is 695 g/mol. The van der Waals surface area contributed by atoms with Gasteiger partial charge in [-0.05, 0) is 57.2 Å². The third-order valence-electron chi connectivity index (χ3n) is 8.14.